The fourth-order valence-corrected chi connectivity index (χ4v) is 2.79. The molecule has 0 radical (unpaired) electrons. The molecule has 0 fully saturated rings. The lowest BCUT2D eigenvalue weighted by Gasteiger charge is -2.27. The van der Waals surface area contributed by atoms with Gasteiger partial charge in [0.2, 0.25) is 0 Å². The smallest absolute Gasteiger partial charge is 0.0562 e. The van der Waals surface area contributed by atoms with Crippen LogP contribution in [0, 0.1) is 0 Å². The molecule has 1 rings (SSSR count). The minimum Gasteiger partial charge on any atom is -0.329 e. The Balaban J connectivity index is 2.59. The molecule has 1 atom stereocenters. The minimum absolute atomic E-state index is 0.275. The highest BCUT2D eigenvalue weighted by Gasteiger charge is 2.17. The highest BCUT2D eigenvalue weighted by Crippen LogP contribution is 2.27. The quantitative estimate of drug-likeness (QED) is 0.849. The van der Waals surface area contributed by atoms with Gasteiger partial charge in [0.15, 0.2) is 0 Å². The summed E-state index contributed by atoms with van der Waals surface area (Å²) in [6.45, 7) is 2.66. The lowest BCUT2D eigenvalue weighted by atomic mass is 10.2. The first-order valence-electron chi connectivity index (χ1n) is 5.33. The maximum Gasteiger partial charge on any atom is 0.0562 e. The standard InChI is InChI=1S/C11H20ClN3S/c1-14(2)4-5-15(3)10(7-13)11-6-9(12)8-16-11/h6,8,10H,4-5,7,13H2,1-3H3. The van der Waals surface area contributed by atoms with Crippen molar-refractivity contribution in [3.05, 3.63) is 21.3 Å². The highest BCUT2D eigenvalue weighted by molar-refractivity contribution is 7.10. The van der Waals surface area contributed by atoms with E-state index in [9.17, 15) is 0 Å². The molecule has 0 amide bonds. The molecule has 0 saturated carbocycles. The fourth-order valence-electron chi connectivity index (χ4n) is 1.53. The van der Waals surface area contributed by atoms with Crippen LogP contribution in [-0.2, 0) is 0 Å². The van der Waals surface area contributed by atoms with Gasteiger partial charge in [0, 0.05) is 29.9 Å². The summed E-state index contributed by atoms with van der Waals surface area (Å²) >= 11 is 7.61. The number of rotatable bonds is 6. The molecule has 92 valence electrons. The first-order valence-corrected chi connectivity index (χ1v) is 6.59. The summed E-state index contributed by atoms with van der Waals surface area (Å²) in [4.78, 5) is 5.70. The first kappa shape index (κ1) is 13.9. The van der Waals surface area contributed by atoms with Crippen LogP contribution in [0.15, 0.2) is 11.4 Å². The Kier molecular flexibility index (Phi) is 5.72. The molecular formula is C11H20ClN3S. The number of hydrogen-bond acceptors (Lipinski definition) is 4. The van der Waals surface area contributed by atoms with Crippen molar-refractivity contribution < 1.29 is 0 Å². The SMILES string of the molecule is CN(C)CCN(C)C(CN)c1cc(Cl)cs1. The van der Waals surface area contributed by atoms with Gasteiger partial charge in [-0.05, 0) is 27.2 Å². The van der Waals surface area contributed by atoms with Gasteiger partial charge in [-0.1, -0.05) is 11.6 Å². The third-order valence-electron chi connectivity index (χ3n) is 2.57. The van der Waals surface area contributed by atoms with E-state index in [1.807, 2.05) is 11.4 Å². The van der Waals surface area contributed by atoms with Gasteiger partial charge in [-0.25, -0.2) is 0 Å². The van der Waals surface area contributed by atoms with Crippen molar-refractivity contribution in [1.82, 2.24) is 9.80 Å². The van der Waals surface area contributed by atoms with Crippen LogP contribution in [0.2, 0.25) is 5.02 Å². The van der Waals surface area contributed by atoms with Crippen LogP contribution in [-0.4, -0.2) is 50.6 Å². The molecule has 3 nitrogen and oxygen atoms in total. The van der Waals surface area contributed by atoms with Crippen molar-refractivity contribution in [2.24, 2.45) is 5.73 Å². The maximum atomic E-state index is 5.94. The van der Waals surface area contributed by atoms with Crippen LogP contribution in [0.5, 0.6) is 0 Å². The van der Waals surface area contributed by atoms with Gasteiger partial charge in [0.25, 0.3) is 0 Å². The zero-order valence-corrected chi connectivity index (χ0v) is 11.7. The molecule has 0 aliphatic carbocycles. The fraction of sp³-hybridized carbons (Fsp3) is 0.636. The summed E-state index contributed by atoms with van der Waals surface area (Å²) in [5.74, 6) is 0. The molecular weight excluding hydrogens is 242 g/mol. The Morgan fingerprint density at radius 2 is 2.06 bits per heavy atom. The maximum absolute atomic E-state index is 5.94. The molecule has 2 N–H and O–H groups in total. The lowest BCUT2D eigenvalue weighted by Crippen LogP contribution is -2.35. The second kappa shape index (κ2) is 6.57. The molecule has 0 aliphatic heterocycles. The van der Waals surface area contributed by atoms with Crippen molar-refractivity contribution in [2.45, 2.75) is 6.04 Å². The van der Waals surface area contributed by atoms with Gasteiger partial charge in [0.05, 0.1) is 11.1 Å². The number of likely N-dealkylation sites (N-methyl/N-ethyl adjacent to an activating group) is 2. The van der Waals surface area contributed by atoms with Crippen molar-refractivity contribution in [3.8, 4) is 0 Å². The van der Waals surface area contributed by atoms with Crippen LogP contribution >= 0.6 is 22.9 Å². The predicted octanol–water partition coefficient (Wildman–Crippen LogP) is 1.89. The van der Waals surface area contributed by atoms with Gasteiger partial charge >= 0.3 is 0 Å². The Morgan fingerprint density at radius 1 is 1.38 bits per heavy atom. The van der Waals surface area contributed by atoms with E-state index in [0.717, 1.165) is 18.1 Å². The van der Waals surface area contributed by atoms with Gasteiger partial charge in [-0.3, -0.25) is 4.90 Å². The van der Waals surface area contributed by atoms with Gasteiger partial charge in [-0.15, -0.1) is 11.3 Å². The molecule has 5 heteroatoms. The first-order chi connectivity index (χ1) is 7.54. The number of thiophene rings is 1. The number of halogens is 1. The van der Waals surface area contributed by atoms with Crippen LogP contribution < -0.4 is 5.73 Å². The van der Waals surface area contributed by atoms with E-state index in [1.54, 1.807) is 11.3 Å². The third-order valence-corrected chi connectivity index (χ3v) is 3.95. The molecule has 1 aromatic heterocycles. The largest absolute Gasteiger partial charge is 0.329 e. The van der Waals surface area contributed by atoms with Crippen molar-refractivity contribution in [2.75, 3.05) is 40.8 Å². The molecule has 0 saturated heterocycles. The lowest BCUT2D eigenvalue weighted by molar-refractivity contribution is 0.225. The molecule has 16 heavy (non-hydrogen) atoms. The number of nitrogens with zero attached hydrogens (tertiary/aromatic N) is 2. The average Bonchev–Trinajstić information content (AvgIpc) is 2.63. The van der Waals surface area contributed by atoms with Crippen LogP contribution in [0.4, 0.5) is 0 Å². The molecule has 1 unspecified atom stereocenters. The summed E-state index contributed by atoms with van der Waals surface area (Å²) in [6.07, 6.45) is 0. The van der Waals surface area contributed by atoms with E-state index in [1.165, 1.54) is 4.88 Å². The average molecular weight is 262 g/mol. The van der Waals surface area contributed by atoms with E-state index in [0.29, 0.717) is 6.54 Å². The van der Waals surface area contributed by atoms with E-state index < -0.39 is 0 Å². The summed E-state index contributed by atoms with van der Waals surface area (Å²) in [5.41, 5.74) is 5.83. The van der Waals surface area contributed by atoms with E-state index in [-0.39, 0.29) is 6.04 Å². The number of nitrogens with two attached hydrogens (primary N) is 1. The van der Waals surface area contributed by atoms with Gasteiger partial charge in [0.1, 0.15) is 0 Å². The minimum atomic E-state index is 0.275. The second-order valence-corrected chi connectivity index (χ2v) is 5.58. The zero-order chi connectivity index (χ0) is 12.1. The third kappa shape index (κ3) is 4.03. The van der Waals surface area contributed by atoms with Crippen molar-refractivity contribution in [1.29, 1.82) is 0 Å². The van der Waals surface area contributed by atoms with Crippen molar-refractivity contribution in [3.63, 3.8) is 0 Å². The number of hydrogen-bond donors (Lipinski definition) is 1. The van der Waals surface area contributed by atoms with Crippen LogP contribution in [0.3, 0.4) is 0 Å². The summed E-state index contributed by atoms with van der Waals surface area (Å²) < 4.78 is 0. The Labute approximate surface area is 107 Å². The van der Waals surface area contributed by atoms with Crippen LogP contribution in [0.1, 0.15) is 10.9 Å². The molecule has 0 aliphatic rings. The summed E-state index contributed by atoms with van der Waals surface area (Å²) in [5, 5.41) is 2.76. The van der Waals surface area contributed by atoms with Crippen molar-refractivity contribution >= 4 is 22.9 Å². The van der Waals surface area contributed by atoms with E-state index in [2.05, 4.69) is 30.9 Å². The summed E-state index contributed by atoms with van der Waals surface area (Å²) in [7, 11) is 6.26. The molecule has 1 heterocycles. The molecule has 0 spiro atoms. The molecule has 0 aromatic carbocycles. The monoisotopic (exact) mass is 261 g/mol. The Morgan fingerprint density at radius 3 is 2.50 bits per heavy atom. The normalized spacial score (nSPS) is 13.7. The predicted molar refractivity (Wildman–Crippen MR) is 72.3 cm³/mol. The molecule has 0 bridgehead atoms. The second-order valence-electron chi connectivity index (χ2n) is 4.20. The van der Waals surface area contributed by atoms with Crippen LogP contribution in [0.25, 0.3) is 0 Å². The van der Waals surface area contributed by atoms with Gasteiger partial charge < -0.3 is 10.6 Å². The van der Waals surface area contributed by atoms with Gasteiger partial charge in [-0.2, -0.15) is 0 Å². The van der Waals surface area contributed by atoms with E-state index >= 15 is 0 Å². The topological polar surface area (TPSA) is 32.5 Å². The Hall–Kier alpha value is -0.130. The highest BCUT2D eigenvalue weighted by atomic mass is 35.5. The Bertz CT molecular complexity index is 314. The van der Waals surface area contributed by atoms with E-state index in [4.69, 9.17) is 17.3 Å². The summed E-state index contributed by atoms with van der Waals surface area (Å²) in [6, 6.07) is 2.29. The molecule has 1 aromatic rings. The zero-order valence-electron chi connectivity index (χ0n) is 10.1.